The first-order valence-electron chi connectivity index (χ1n) is 8.87. The van der Waals surface area contributed by atoms with Gasteiger partial charge in [0.2, 0.25) is 11.8 Å². The second kappa shape index (κ2) is 10.6. The van der Waals surface area contributed by atoms with Gasteiger partial charge >= 0.3 is 0 Å². The van der Waals surface area contributed by atoms with Crippen LogP contribution in [0.5, 0.6) is 5.75 Å². The fourth-order valence-electron chi connectivity index (χ4n) is 2.68. The van der Waals surface area contributed by atoms with Crippen molar-refractivity contribution in [1.82, 2.24) is 10.2 Å². The van der Waals surface area contributed by atoms with Crippen LogP contribution in [-0.4, -0.2) is 42.7 Å². The van der Waals surface area contributed by atoms with Crippen molar-refractivity contribution in [2.75, 3.05) is 19.9 Å². The maximum absolute atomic E-state index is 12.9. The normalized spacial score (nSPS) is 11.5. The first kappa shape index (κ1) is 20.8. The van der Waals surface area contributed by atoms with E-state index in [1.165, 1.54) is 0 Å². The zero-order valence-electron chi connectivity index (χ0n) is 16.0. The quantitative estimate of drug-likeness (QED) is 0.672. The van der Waals surface area contributed by atoms with E-state index in [0.29, 0.717) is 18.7 Å². The average molecular weight is 387 g/mol. The van der Waals surface area contributed by atoms with Crippen LogP contribution in [0.3, 0.4) is 0 Å². The van der Waals surface area contributed by atoms with E-state index in [2.05, 4.69) is 5.32 Å². The van der Waals surface area contributed by atoms with Crippen LogP contribution >= 0.6 is 11.8 Å². The number of methoxy groups -OCH3 is 1. The molecular formula is C21H26N2O3S. The fraction of sp³-hybridized carbons (Fsp3) is 0.333. The average Bonchev–Trinajstić information content (AvgIpc) is 2.71. The van der Waals surface area contributed by atoms with Crippen molar-refractivity contribution in [3.05, 3.63) is 60.2 Å². The number of hydrogen-bond donors (Lipinski definition) is 1. The van der Waals surface area contributed by atoms with Crippen LogP contribution in [0.25, 0.3) is 0 Å². The molecule has 0 unspecified atom stereocenters. The number of nitrogens with one attached hydrogen (secondary N) is 1. The summed E-state index contributed by atoms with van der Waals surface area (Å²) in [7, 11) is 3.19. The molecule has 5 nitrogen and oxygen atoms in total. The third kappa shape index (κ3) is 6.32. The molecule has 6 heteroatoms. The summed E-state index contributed by atoms with van der Waals surface area (Å²) >= 11 is 1.64. The molecule has 0 heterocycles. The number of benzene rings is 2. The summed E-state index contributed by atoms with van der Waals surface area (Å²) in [5.74, 6) is 1.17. The molecule has 0 spiro atoms. The van der Waals surface area contributed by atoms with Gasteiger partial charge in [-0.2, -0.15) is 0 Å². The van der Waals surface area contributed by atoms with Crippen LogP contribution in [0, 0.1) is 0 Å². The molecule has 0 aromatic heterocycles. The van der Waals surface area contributed by atoms with Gasteiger partial charge in [-0.25, -0.2) is 0 Å². The number of thioether (sulfide) groups is 1. The van der Waals surface area contributed by atoms with Crippen molar-refractivity contribution in [1.29, 1.82) is 0 Å². The Balaban J connectivity index is 2.06. The van der Waals surface area contributed by atoms with Gasteiger partial charge in [-0.3, -0.25) is 9.59 Å². The first-order chi connectivity index (χ1) is 13.0. The van der Waals surface area contributed by atoms with Crippen molar-refractivity contribution in [3.63, 3.8) is 0 Å². The fourth-order valence-corrected chi connectivity index (χ4v) is 3.54. The molecule has 0 radical (unpaired) electrons. The third-order valence-electron chi connectivity index (χ3n) is 4.23. The molecule has 144 valence electrons. The summed E-state index contributed by atoms with van der Waals surface area (Å²) in [6.07, 6.45) is 0.366. The molecule has 1 atom stereocenters. The Morgan fingerprint density at radius 3 is 2.56 bits per heavy atom. The van der Waals surface area contributed by atoms with E-state index in [1.807, 2.05) is 54.6 Å². The van der Waals surface area contributed by atoms with Gasteiger partial charge in [0.1, 0.15) is 11.8 Å². The number of carbonyl (C=O) groups is 2. The molecule has 0 bridgehead atoms. The second-order valence-corrected chi connectivity index (χ2v) is 7.24. The number of nitrogens with zero attached hydrogens (tertiary/aromatic N) is 1. The molecule has 0 aliphatic carbocycles. The third-order valence-corrected chi connectivity index (χ3v) is 5.24. The molecule has 2 aromatic carbocycles. The lowest BCUT2D eigenvalue weighted by molar-refractivity contribution is -0.140. The molecule has 2 rings (SSSR count). The molecule has 0 aliphatic rings. The maximum Gasteiger partial charge on any atom is 0.242 e. The topological polar surface area (TPSA) is 58.6 Å². The standard InChI is InChI=1S/C21H26N2O3S/c1-16(21(25)22-2)23(15-17-8-7-9-18(14-17)26-3)20(24)12-13-27-19-10-5-4-6-11-19/h4-11,14,16H,12-13,15H2,1-3H3,(H,22,25)/t16-/m0/s1. The van der Waals surface area contributed by atoms with E-state index < -0.39 is 6.04 Å². The minimum Gasteiger partial charge on any atom is -0.497 e. The minimum absolute atomic E-state index is 0.0441. The predicted molar refractivity (Wildman–Crippen MR) is 109 cm³/mol. The smallest absolute Gasteiger partial charge is 0.242 e. The maximum atomic E-state index is 12.9. The number of carbonyl (C=O) groups excluding carboxylic acids is 2. The molecule has 2 amide bonds. The van der Waals surface area contributed by atoms with Gasteiger partial charge in [-0.1, -0.05) is 30.3 Å². The highest BCUT2D eigenvalue weighted by atomic mass is 32.2. The first-order valence-corrected chi connectivity index (χ1v) is 9.85. The zero-order chi connectivity index (χ0) is 19.6. The largest absolute Gasteiger partial charge is 0.497 e. The van der Waals surface area contributed by atoms with Crippen LogP contribution in [0.2, 0.25) is 0 Å². The van der Waals surface area contributed by atoms with Crippen molar-refractivity contribution < 1.29 is 14.3 Å². The number of ether oxygens (including phenoxy) is 1. The lowest BCUT2D eigenvalue weighted by atomic mass is 10.1. The molecule has 0 aliphatic heterocycles. The Hall–Kier alpha value is -2.47. The Morgan fingerprint density at radius 2 is 1.89 bits per heavy atom. The van der Waals surface area contributed by atoms with Gasteiger partial charge < -0.3 is 15.0 Å². The van der Waals surface area contributed by atoms with Gasteiger partial charge in [0.15, 0.2) is 0 Å². The Labute approximate surface area is 165 Å². The summed E-state index contributed by atoms with van der Waals surface area (Å²) in [4.78, 5) is 27.7. The molecule has 2 aromatic rings. The van der Waals surface area contributed by atoms with Crippen molar-refractivity contribution in [2.24, 2.45) is 0 Å². The minimum atomic E-state index is -0.546. The van der Waals surface area contributed by atoms with E-state index in [0.717, 1.165) is 16.2 Å². The molecule has 0 fully saturated rings. The summed E-state index contributed by atoms with van der Waals surface area (Å²) in [6.45, 7) is 2.11. The van der Waals surface area contributed by atoms with E-state index in [1.54, 1.807) is 37.7 Å². The van der Waals surface area contributed by atoms with Gasteiger partial charge in [-0.05, 0) is 36.8 Å². The van der Waals surface area contributed by atoms with Gasteiger partial charge in [0.05, 0.1) is 7.11 Å². The molecular weight excluding hydrogens is 360 g/mol. The van der Waals surface area contributed by atoms with E-state index in [4.69, 9.17) is 4.74 Å². The number of rotatable bonds is 9. The monoisotopic (exact) mass is 386 g/mol. The van der Waals surface area contributed by atoms with Gasteiger partial charge in [-0.15, -0.1) is 11.8 Å². The van der Waals surface area contributed by atoms with Crippen molar-refractivity contribution in [2.45, 2.75) is 30.8 Å². The number of amides is 2. The van der Waals surface area contributed by atoms with Gasteiger partial charge in [0, 0.05) is 30.7 Å². The lowest BCUT2D eigenvalue weighted by Gasteiger charge is -2.28. The van der Waals surface area contributed by atoms with E-state index >= 15 is 0 Å². The van der Waals surface area contributed by atoms with Crippen molar-refractivity contribution >= 4 is 23.6 Å². The molecule has 0 saturated carbocycles. The van der Waals surface area contributed by atoms with Gasteiger partial charge in [0.25, 0.3) is 0 Å². The van der Waals surface area contributed by atoms with E-state index in [9.17, 15) is 9.59 Å². The van der Waals surface area contributed by atoms with Crippen LogP contribution < -0.4 is 10.1 Å². The Kier molecular flexibility index (Phi) is 8.20. The Bertz CT molecular complexity index is 752. The predicted octanol–water partition coefficient (Wildman–Crippen LogP) is 3.34. The summed E-state index contributed by atoms with van der Waals surface area (Å²) in [5, 5.41) is 2.63. The summed E-state index contributed by atoms with van der Waals surface area (Å²) in [6, 6.07) is 17.0. The number of likely N-dealkylation sites (N-methyl/N-ethyl adjacent to an activating group) is 1. The molecule has 1 N–H and O–H groups in total. The highest BCUT2D eigenvalue weighted by Gasteiger charge is 2.25. The Morgan fingerprint density at radius 1 is 1.15 bits per heavy atom. The van der Waals surface area contributed by atoms with Crippen LogP contribution in [-0.2, 0) is 16.1 Å². The van der Waals surface area contributed by atoms with Crippen LogP contribution in [0.4, 0.5) is 0 Å². The summed E-state index contributed by atoms with van der Waals surface area (Å²) < 4.78 is 5.25. The second-order valence-electron chi connectivity index (χ2n) is 6.07. The van der Waals surface area contributed by atoms with Crippen LogP contribution in [0.1, 0.15) is 18.9 Å². The zero-order valence-corrected chi connectivity index (χ0v) is 16.8. The summed E-state index contributed by atoms with van der Waals surface area (Å²) in [5.41, 5.74) is 0.925. The molecule has 0 saturated heterocycles. The SMILES string of the molecule is CNC(=O)[C@H](C)N(Cc1cccc(OC)c1)C(=O)CCSc1ccccc1. The van der Waals surface area contributed by atoms with Crippen LogP contribution in [0.15, 0.2) is 59.5 Å². The highest BCUT2D eigenvalue weighted by Crippen LogP contribution is 2.20. The van der Waals surface area contributed by atoms with E-state index in [-0.39, 0.29) is 11.8 Å². The molecule has 27 heavy (non-hydrogen) atoms. The van der Waals surface area contributed by atoms with Crippen molar-refractivity contribution in [3.8, 4) is 5.75 Å². The lowest BCUT2D eigenvalue weighted by Crippen LogP contribution is -2.46. The highest BCUT2D eigenvalue weighted by molar-refractivity contribution is 7.99. The number of hydrogen-bond acceptors (Lipinski definition) is 4.